The van der Waals surface area contributed by atoms with Gasteiger partial charge in [0, 0.05) is 42.8 Å². The molecule has 3 heterocycles. The Bertz CT molecular complexity index is 922. The van der Waals surface area contributed by atoms with Gasteiger partial charge in [0.25, 0.3) is 0 Å². The van der Waals surface area contributed by atoms with E-state index >= 15 is 0 Å². The molecule has 0 saturated carbocycles. The standard InChI is InChI=1S/C20H20F3N5O2/c21-20(22,23)17(10-16(24)14-2-1-7-25-11-14)28-18-4-3-15(12-26-18)27-19(29)13-5-8-30-9-6-13/h1-4,7,10-13H,5-6,8-9,24H2,(H,27,29). The average Bonchev–Trinajstić information content (AvgIpc) is 2.75. The third-order valence-corrected chi connectivity index (χ3v) is 4.42. The first kappa shape index (κ1) is 21.4. The lowest BCUT2D eigenvalue weighted by Gasteiger charge is -2.21. The maximum Gasteiger partial charge on any atom is 0.433 e. The van der Waals surface area contributed by atoms with Crippen molar-refractivity contribution < 1.29 is 22.7 Å². The van der Waals surface area contributed by atoms with Gasteiger partial charge in [-0.05, 0) is 43.2 Å². The number of aliphatic imine (C=N–C) groups is 1. The zero-order valence-electron chi connectivity index (χ0n) is 15.9. The fourth-order valence-corrected chi connectivity index (χ4v) is 2.80. The number of alkyl halides is 3. The van der Waals surface area contributed by atoms with Crippen LogP contribution in [0, 0.1) is 5.92 Å². The maximum absolute atomic E-state index is 13.4. The molecule has 0 radical (unpaired) electrons. The summed E-state index contributed by atoms with van der Waals surface area (Å²) in [6, 6.07) is 5.85. The molecular weight excluding hydrogens is 399 g/mol. The summed E-state index contributed by atoms with van der Waals surface area (Å²) in [5.74, 6) is -0.491. The molecule has 0 aliphatic carbocycles. The van der Waals surface area contributed by atoms with Crippen LogP contribution in [-0.4, -0.2) is 41.0 Å². The number of hydrogen-bond donors (Lipinski definition) is 2. The zero-order chi connectivity index (χ0) is 21.6. The Kier molecular flexibility index (Phi) is 6.78. The Morgan fingerprint density at radius 2 is 2.00 bits per heavy atom. The van der Waals surface area contributed by atoms with Gasteiger partial charge in [-0.3, -0.25) is 9.78 Å². The topological polar surface area (TPSA) is 102 Å². The monoisotopic (exact) mass is 419 g/mol. The van der Waals surface area contributed by atoms with Crippen LogP contribution in [0.15, 0.2) is 53.9 Å². The molecule has 1 amide bonds. The van der Waals surface area contributed by atoms with Gasteiger partial charge in [0.1, 0.15) is 5.71 Å². The summed E-state index contributed by atoms with van der Waals surface area (Å²) in [5, 5.41) is 2.71. The second-order valence-electron chi connectivity index (χ2n) is 6.62. The highest BCUT2D eigenvalue weighted by Gasteiger charge is 2.34. The molecular formula is C20H20F3N5O2. The van der Waals surface area contributed by atoms with Crippen molar-refractivity contribution in [2.24, 2.45) is 16.6 Å². The number of allylic oxidation sites excluding steroid dienone is 1. The van der Waals surface area contributed by atoms with Gasteiger partial charge in [0.2, 0.25) is 5.91 Å². The Hall–Kier alpha value is -3.27. The molecule has 2 aromatic heterocycles. The number of rotatable bonds is 5. The molecule has 10 heteroatoms. The van der Waals surface area contributed by atoms with E-state index in [1.54, 1.807) is 12.1 Å². The van der Waals surface area contributed by atoms with E-state index in [0.717, 1.165) is 6.08 Å². The van der Waals surface area contributed by atoms with Crippen molar-refractivity contribution in [1.82, 2.24) is 9.97 Å². The highest BCUT2D eigenvalue weighted by Crippen LogP contribution is 2.24. The van der Waals surface area contributed by atoms with Crippen LogP contribution in [0.5, 0.6) is 0 Å². The van der Waals surface area contributed by atoms with E-state index in [4.69, 9.17) is 10.5 Å². The normalized spacial score (nSPS) is 16.4. The van der Waals surface area contributed by atoms with Gasteiger partial charge < -0.3 is 15.8 Å². The summed E-state index contributed by atoms with van der Waals surface area (Å²) in [6.45, 7) is 1.06. The minimum Gasteiger partial charge on any atom is -0.398 e. The van der Waals surface area contributed by atoms with Crippen LogP contribution >= 0.6 is 0 Å². The molecule has 158 valence electrons. The fraction of sp³-hybridized carbons (Fsp3) is 0.300. The highest BCUT2D eigenvalue weighted by atomic mass is 19.4. The van der Waals surface area contributed by atoms with Crippen molar-refractivity contribution in [3.8, 4) is 0 Å². The predicted octanol–water partition coefficient (Wildman–Crippen LogP) is 3.48. The number of amides is 1. The van der Waals surface area contributed by atoms with E-state index in [2.05, 4.69) is 20.3 Å². The van der Waals surface area contributed by atoms with Crippen molar-refractivity contribution in [3.05, 3.63) is 54.5 Å². The maximum atomic E-state index is 13.4. The molecule has 0 unspecified atom stereocenters. The van der Waals surface area contributed by atoms with Crippen LogP contribution in [0.2, 0.25) is 0 Å². The molecule has 30 heavy (non-hydrogen) atoms. The Labute approximate surface area is 170 Å². The Morgan fingerprint density at radius 3 is 2.60 bits per heavy atom. The van der Waals surface area contributed by atoms with Gasteiger partial charge >= 0.3 is 6.18 Å². The molecule has 2 aromatic rings. The van der Waals surface area contributed by atoms with E-state index in [-0.39, 0.29) is 23.3 Å². The Balaban J connectivity index is 1.76. The van der Waals surface area contributed by atoms with E-state index in [1.165, 1.54) is 30.7 Å². The second-order valence-corrected chi connectivity index (χ2v) is 6.62. The summed E-state index contributed by atoms with van der Waals surface area (Å²) >= 11 is 0. The molecule has 1 fully saturated rings. The van der Waals surface area contributed by atoms with Crippen molar-refractivity contribution >= 4 is 28.8 Å². The smallest absolute Gasteiger partial charge is 0.398 e. The number of nitrogens with two attached hydrogens (primary N) is 1. The van der Waals surface area contributed by atoms with E-state index in [1.807, 2.05) is 0 Å². The van der Waals surface area contributed by atoms with Crippen LogP contribution in [0.1, 0.15) is 18.4 Å². The quantitative estimate of drug-likeness (QED) is 0.723. The summed E-state index contributed by atoms with van der Waals surface area (Å²) in [6.07, 6.45) is 1.36. The van der Waals surface area contributed by atoms with Gasteiger partial charge in [0.05, 0.1) is 11.9 Å². The first-order chi connectivity index (χ1) is 14.3. The van der Waals surface area contributed by atoms with Crippen molar-refractivity contribution in [2.45, 2.75) is 19.0 Å². The largest absolute Gasteiger partial charge is 0.433 e. The molecule has 0 spiro atoms. The van der Waals surface area contributed by atoms with Crippen LogP contribution in [0.3, 0.4) is 0 Å². The fourth-order valence-electron chi connectivity index (χ4n) is 2.80. The molecule has 1 aliphatic rings. The van der Waals surface area contributed by atoms with E-state index in [9.17, 15) is 18.0 Å². The minimum atomic E-state index is -4.73. The lowest BCUT2D eigenvalue weighted by molar-refractivity contribution is -0.122. The number of nitrogens with zero attached hydrogens (tertiary/aromatic N) is 3. The SMILES string of the molecule is NC(=CC(=Nc1ccc(NC(=O)C2CCOCC2)cn1)C(F)(F)F)c1cccnc1. The molecule has 7 nitrogen and oxygen atoms in total. The zero-order valence-corrected chi connectivity index (χ0v) is 15.9. The molecule has 3 N–H and O–H groups in total. The van der Waals surface area contributed by atoms with Gasteiger partial charge in [0.15, 0.2) is 5.82 Å². The minimum absolute atomic E-state index is 0.125. The second kappa shape index (κ2) is 9.49. The summed E-state index contributed by atoms with van der Waals surface area (Å²) in [5.41, 5.74) is 5.16. The number of ether oxygens (including phenoxy) is 1. The average molecular weight is 419 g/mol. The molecule has 0 aromatic carbocycles. The van der Waals surface area contributed by atoms with E-state index in [0.29, 0.717) is 37.3 Å². The molecule has 3 rings (SSSR count). The van der Waals surface area contributed by atoms with Crippen molar-refractivity contribution in [2.75, 3.05) is 18.5 Å². The highest BCUT2D eigenvalue weighted by molar-refractivity contribution is 6.05. The molecule has 1 saturated heterocycles. The van der Waals surface area contributed by atoms with Crippen LogP contribution in [-0.2, 0) is 9.53 Å². The molecule has 0 atom stereocenters. The number of carbonyl (C=O) groups is 1. The lowest BCUT2D eigenvalue weighted by Crippen LogP contribution is -2.28. The number of aromatic nitrogens is 2. The number of hydrogen-bond acceptors (Lipinski definition) is 6. The van der Waals surface area contributed by atoms with Gasteiger partial charge in [-0.25, -0.2) is 9.98 Å². The third-order valence-electron chi connectivity index (χ3n) is 4.42. The van der Waals surface area contributed by atoms with Gasteiger partial charge in [-0.1, -0.05) is 0 Å². The molecule has 0 bridgehead atoms. The predicted molar refractivity (Wildman–Crippen MR) is 106 cm³/mol. The number of nitrogens with one attached hydrogen (secondary N) is 1. The van der Waals surface area contributed by atoms with E-state index < -0.39 is 11.9 Å². The summed E-state index contributed by atoms with van der Waals surface area (Å²) < 4.78 is 45.4. The van der Waals surface area contributed by atoms with Crippen molar-refractivity contribution in [1.29, 1.82) is 0 Å². The summed E-state index contributed by atoms with van der Waals surface area (Å²) in [4.78, 5) is 23.5. The number of carbonyl (C=O) groups excluding carboxylic acids is 1. The third kappa shape index (κ3) is 5.86. The van der Waals surface area contributed by atoms with Crippen LogP contribution in [0.25, 0.3) is 5.70 Å². The lowest BCUT2D eigenvalue weighted by atomic mass is 9.99. The van der Waals surface area contributed by atoms with Gasteiger partial charge in [-0.2, -0.15) is 13.2 Å². The Morgan fingerprint density at radius 1 is 1.23 bits per heavy atom. The number of pyridine rings is 2. The van der Waals surface area contributed by atoms with Crippen LogP contribution in [0.4, 0.5) is 24.7 Å². The van der Waals surface area contributed by atoms with Crippen molar-refractivity contribution in [3.63, 3.8) is 0 Å². The first-order valence-corrected chi connectivity index (χ1v) is 9.21. The number of halogens is 3. The number of anilines is 1. The first-order valence-electron chi connectivity index (χ1n) is 9.21. The summed E-state index contributed by atoms with van der Waals surface area (Å²) in [7, 11) is 0. The van der Waals surface area contributed by atoms with Gasteiger partial charge in [-0.15, -0.1) is 0 Å². The molecule has 1 aliphatic heterocycles. The van der Waals surface area contributed by atoms with Crippen LogP contribution < -0.4 is 11.1 Å².